The number of piperidine rings is 1. The van der Waals surface area contributed by atoms with Crippen molar-refractivity contribution in [1.82, 2.24) is 20.4 Å². The number of carbonyl (C=O) groups excluding carboxylic acids is 2. The van der Waals surface area contributed by atoms with Crippen LogP contribution >= 0.6 is 0 Å². The van der Waals surface area contributed by atoms with Crippen LogP contribution in [0.3, 0.4) is 0 Å². The van der Waals surface area contributed by atoms with Crippen molar-refractivity contribution in [2.24, 2.45) is 5.92 Å². The first-order chi connectivity index (χ1) is 11.1. The number of likely N-dealkylation sites (tertiary alicyclic amines) is 1. The lowest BCUT2D eigenvalue weighted by Crippen LogP contribution is -2.53. The smallest absolute Gasteiger partial charge is 0.245 e. The molecule has 2 aliphatic rings. The number of hydrogen-bond donors (Lipinski definition) is 2. The van der Waals surface area contributed by atoms with Crippen molar-refractivity contribution in [1.29, 1.82) is 0 Å². The third-order valence-corrected chi connectivity index (χ3v) is 5.19. The molecule has 1 saturated carbocycles. The van der Waals surface area contributed by atoms with Gasteiger partial charge in [0.1, 0.15) is 6.04 Å². The molecule has 0 aromatic carbocycles. The van der Waals surface area contributed by atoms with Gasteiger partial charge in [-0.1, -0.05) is 12.8 Å². The summed E-state index contributed by atoms with van der Waals surface area (Å²) in [6, 6.07) is 1.64. The summed E-state index contributed by atoms with van der Waals surface area (Å²) in [6.07, 6.45) is 8.21. The van der Waals surface area contributed by atoms with Crippen LogP contribution in [-0.4, -0.2) is 46.0 Å². The monoisotopic (exact) mass is 318 g/mol. The normalized spacial score (nSPS) is 23.7. The van der Waals surface area contributed by atoms with Gasteiger partial charge in [0.25, 0.3) is 0 Å². The molecule has 23 heavy (non-hydrogen) atoms. The van der Waals surface area contributed by atoms with E-state index in [1.807, 2.05) is 11.0 Å². The van der Waals surface area contributed by atoms with Crippen molar-refractivity contribution in [3.05, 3.63) is 18.0 Å². The molecular weight excluding hydrogens is 292 g/mol. The summed E-state index contributed by atoms with van der Waals surface area (Å²) < 4.78 is 0. The summed E-state index contributed by atoms with van der Waals surface area (Å²) in [5.41, 5.74) is 1.10. The summed E-state index contributed by atoms with van der Waals surface area (Å²) in [5.74, 6) is 0.587. The van der Waals surface area contributed by atoms with Crippen LogP contribution in [0.4, 0.5) is 0 Å². The molecule has 2 fully saturated rings. The van der Waals surface area contributed by atoms with Gasteiger partial charge >= 0.3 is 0 Å². The van der Waals surface area contributed by atoms with Crippen LogP contribution in [0.2, 0.25) is 0 Å². The molecule has 0 bridgehead atoms. The molecule has 2 heterocycles. The summed E-state index contributed by atoms with van der Waals surface area (Å²) in [7, 11) is 0. The summed E-state index contributed by atoms with van der Waals surface area (Å²) >= 11 is 0. The van der Waals surface area contributed by atoms with Gasteiger partial charge in [-0.05, 0) is 37.7 Å². The lowest BCUT2D eigenvalue weighted by molar-refractivity contribution is -0.138. The van der Waals surface area contributed by atoms with Crippen molar-refractivity contribution in [3.8, 4) is 0 Å². The maximum Gasteiger partial charge on any atom is 0.245 e. The molecule has 1 aromatic heterocycles. The number of H-pyrrole nitrogens is 1. The highest BCUT2D eigenvalue weighted by molar-refractivity contribution is 5.87. The fourth-order valence-electron chi connectivity index (χ4n) is 4.01. The predicted octanol–water partition coefficient (Wildman–Crippen LogP) is 1.81. The van der Waals surface area contributed by atoms with Crippen LogP contribution in [0, 0.1) is 5.92 Å². The highest BCUT2D eigenvalue weighted by Gasteiger charge is 2.36. The van der Waals surface area contributed by atoms with Crippen molar-refractivity contribution in [3.63, 3.8) is 0 Å². The number of carbonyl (C=O) groups is 2. The van der Waals surface area contributed by atoms with Gasteiger partial charge in [0.2, 0.25) is 11.8 Å². The Morgan fingerprint density at radius 3 is 2.74 bits per heavy atom. The second-order valence-corrected chi connectivity index (χ2v) is 6.86. The Kier molecular flexibility index (Phi) is 4.98. The zero-order chi connectivity index (χ0) is 16.2. The van der Waals surface area contributed by atoms with E-state index >= 15 is 0 Å². The van der Waals surface area contributed by atoms with Gasteiger partial charge in [-0.15, -0.1) is 0 Å². The van der Waals surface area contributed by atoms with Gasteiger partial charge in [0.15, 0.2) is 0 Å². The molecule has 2 unspecified atom stereocenters. The fourth-order valence-corrected chi connectivity index (χ4v) is 4.01. The first-order valence-corrected chi connectivity index (χ1v) is 8.70. The Morgan fingerprint density at radius 2 is 2.09 bits per heavy atom. The van der Waals surface area contributed by atoms with Crippen LogP contribution < -0.4 is 5.32 Å². The molecule has 1 saturated heterocycles. The summed E-state index contributed by atoms with van der Waals surface area (Å²) in [4.78, 5) is 26.5. The molecule has 0 radical (unpaired) electrons. The average Bonchev–Trinajstić information content (AvgIpc) is 3.25. The fraction of sp³-hybridized carbons (Fsp3) is 0.706. The molecule has 6 heteroatoms. The molecule has 126 valence electrons. The molecule has 1 aromatic rings. The highest BCUT2D eigenvalue weighted by atomic mass is 16.2. The molecule has 1 aliphatic carbocycles. The van der Waals surface area contributed by atoms with Crippen LogP contribution in [0.5, 0.6) is 0 Å². The quantitative estimate of drug-likeness (QED) is 0.889. The lowest BCUT2D eigenvalue weighted by atomic mass is 9.92. The maximum atomic E-state index is 13.0. The minimum absolute atomic E-state index is 0.0938. The molecule has 1 aliphatic heterocycles. The number of hydrogen-bond acceptors (Lipinski definition) is 3. The lowest BCUT2D eigenvalue weighted by Gasteiger charge is -2.36. The van der Waals surface area contributed by atoms with E-state index in [1.54, 1.807) is 6.20 Å². The third kappa shape index (κ3) is 3.74. The number of nitrogens with zero attached hydrogens (tertiary/aromatic N) is 2. The second kappa shape index (κ2) is 7.15. The standard InChI is InChI=1S/C17H26N4O2/c1-12(22)19-16(13-5-2-3-6-13)17(23)21-10-4-7-14(11-21)15-8-9-18-20-15/h8-9,13-14,16H,2-7,10-11H2,1H3,(H,18,20)(H,19,22). The van der Waals surface area contributed by atoms with Crippen molar-refractivity contribution in [2.45, 2.75) is 57.4 Å². The maximum absolute atomic E-state index is 13.0. The van der Waals surface area contributed by atoms with E-state index in [1.165, 1.54) is 6.92 Å². The first-order valence-electron chi connectivity index (χ1n) is 8.70. The van der Waals surface area contributed by atoms with E-state index in [-0.39, 0.29) is 17.9 Å². The Morgan fingerprint density at radius 1 is 1.30 bits per heavy atom. The molecule has 2 amide bonds. The van der Waals surface area contributed by atoms with Crippen LogP contribution in [0.25, 0.3) is 0 Å². The summed E-state index contributed by atoms with van der Waals surface area (Å²) in [5, 5.41) is 9.96. The minimum atomic E-state index is -0.351. The summed E-state index contributed by atoms with van der Waals surface area (Å²) in [6.45, 7) is 2.99. The minimum Gasteiger partial charge on any atom is -0.344 e. The first kappa shape index (κ1) is 16.0. The predicted molar refractivity (Wildman–Crippen MR) is 86.7 cm³/mol. The Bertz CT molecular complexity index is 537. The average molecular weight is 318 g/mol. The van der Waals surface area contributed by atoms with E-state index < -0.39 is 0 Å². The molecule has 3 rings (SSSR count). The zero-order valence-electron chi connectivity index (χ0n) is 13.8. The Hall–Kier alpha value is -1.85. The molecule has 2 atom stereocenters. The van der Waals surface area contributed by atoms with Crippen molar-refractivity contribution < 1.29 is 9.59 Å². The van der Waals surface area contributed by atoms with Gasteiger partial charge in [-0.2, -0.15) is 5.10 Å². The van der Waals surface area contributed by atoms with Crippen LogP contribution in [0.1, 0.15) is 57.1 Å². The van der Waals surface area contributed by atoms with E-state index in [9.17, 15) is 9.59 Å². The number of aromatic amines is 1. The van der Waals surface area contributed by atoms with E-state index in [2.05, 4.69) is 15.5 Å². The van der Waals surface area contributed by atoms with Gasteiger partial charge in [-0.25, -0.2) is 0 Å². The highest BCUT2D eigenvalue weighted by Crippen LogP contribution is 2.31. The number of rotatable bonds is 4. The second-order valence-electron chi connectivity index (χ2n) is 6.86. The van der Waals surface area contributed by atoms with Crippen molar-refractivity contribution in [2.75, 3.05) is 13.1 Å². The number of nitrogens with one attached hydrogen (secondary N) is 2. The van der Waals surface area contributed by atoms with Gasteiger partial charge < -0.3 is 10.2 Å². The van der Waals surface area contributed by atoms with Crippen LogP contribution in [0.15, 0.2) is 12.3 Å². The molecule has 2 N–H and O–H groups in total. The SMILES string of the molecule is CC(=O)NC(C(=O)N1CCCC(c2ccn[nH]2)C1)C1CCCC1. The van der Waals surface area contributed by atoms with E-state index in [0.29, 0.717) is 18.4 Å². The van der Waals surface area contributed by atoms with Gasteiger partial charge in [-0.3, -0.25) is 14.7 Å². The molecule has 0 spiro atoms. The van der Waals surface area contributed by atoms with E-state index in [4.69, 9.17) is 0 Å². The molecule has 6 nitrogen and oxygen atoms in total. The van der Waals surface area contributed by atoms with E-state index in [0.717, 1.165) is 50.8 Å². The topological polar surface area (TPSA) is 78.1 Å². The van der Waals surface area contributed by atoms with Crippen molar-refractivity contribution >= 4 is 11.8 Å². The number of aromatic nitrogens is 2. The third-order valence-electron chi connectivity index (χ3n) is 5.19. The van der Waals surface area contributed by atoms with Gasteiger partial charge in [0.05, 0.1) is 0 Å². The van der Waals surface area contributed by atoms with Gasteiger partial charge in [0, 0.05) is 37.8 Å². The zero-order valence-corrected chi connectivity index (χ0v) is 13.8. The Labute approximate surface area is 137 Å². The van der Waals surface area contributed by atoms with Crippen LogP contribution in [-0.2, 0) is 9.59 Å². The Balaban J connectivity index is 1.69. The molecular formula is C17H26N4O2. The largest absolute Gasteiger partial charge is 0.344 e. The number of amides is 2.